The Bertz CT molecular complexity index is 1260. The van der Waals surface area contributed by atoms with Crippen LogP contribution in [-0.2, 0) is 21.3 Å². The molecule has 0 aliphatic carbocycles. The molecule has 2 aromatic carbocycles. The molecule has 1 heterocycles. The highest BCUT2D eigenvalue weighted by Crippen LogP contribution is 2.28. The topological polar surface area (TPSA) is 108 Å². The van der Waals surface area contributed by atoms with Crippen LogP contribution >= 0.6 is 0 Å². The number of carbonyl (C=O) groups is 1. The lowest BCUT2D eigenvalue weighted by atomic mass is 10.0. The van der Waals surface area contributed by atoms with E-state index in [1.165, 1.54) is 36.5 Å². The fourth-order valence-electron chi connectivity index (χ4n) is 3.07. The Kier molecular flexibility index (Phi) is 5.54. The minimum absolute atomic E-state index is 0.0554. The van der Waals surface area contributed by atoms with Crippen molar-refractivity contribution in [3.8, 4) is 11.1 Å². The van der Waals surface area contributed by atoms with Gasteiger partial charge in [0.05, 0.1) is 17.0 Å². The van der Waals surface area contributed by atoms with E-state index in [2.05, 4.69) is 0 Å². The highest BCUT2D eigenvalue weighted by atomic mass is 32.2. The van der Waals surface area contributed by atoms with Gasteiger partial charge in [-0.1, -0.05) is 12.1 Å². The zero-order valence-electron chi connectivity index (χ0n) is 15.8. The Hall–Kier alpha value is -3.04. The lowest BCUT2D eigenvalue weighted by Gasteiger charge is -2.13. The summed E-state index contributed by atoms with van der Waals surface area (Å²) in [5, 5.41) is 5.14. The Balaban J connectivity index is 2.22. The van der Waals surface area contributed by atoms with E-state index in [0.29, 0.717) is 17.6 Å². The number of nitrogens with zero attached hydrogens (tertiary/aromatic N) is 1. The molecule has 0 unspecified atom stereocenters. The number of sulfonamides is 1. The molecule has 0 amide bonds. The number of aromatic nitrogens is 1. The van der Waals surface area contributed by atoms with Crippen molar-refractivity contribution in [3.05, 3.63) is 64.2 Å². The summed E-state index contributed by atoms with van der Waals surface area (Å²) in [6.45, 7) is 4.00. The quantitative estimate of drug-likeness (QED) is 0.641. The van der Waals surface area contributed by atoms with E-state index >= 15 is 0 Å². The van der Waals surface area contributed by atoms with Crippen molar-refractivity contribution >= 4 is 26.9 Å². The van der Waals surface area contributed by atoms with E-state index < -0.39 is 27.2 Å². The first kappa shape index (κ1) is 20.7. The van der Waals surface area contributed by atoms with Gasteiger partial charge in [-0.3, -0.25) is 4.79 Å². The van der Waals surface area contributed by atoms with Gasteiger partial charge in [-0.2, -0.15) is 0 Å². The lowest BCUT2D eigenvalue weighted by Crippen LogP contribution is -2.21. The first-order valence-electron chi connectivity index (χ1n) is 8.84. The van der Waals surface area contributed by atoms with Crippen molar-refractivity contribution in [3.63, 3.8) is 0 Å². The molecular formula is C20H19FN2O5S. The van der Waals surface area contributed by atoms with Crippen molar-refractivity contribution in [2.24, 2.45) is 5.14 Å². The number of primary sulfonamides is 1. The molecule has 3 aromatic rings. The predicted molar refractivity (Wildman–Crippen MR) is 107 cm³/mol. The number of carbonyl (C=O) groups excluding carboxylic acids is 1. The summed E-state index contributed by atoms with van der Waals surface area (Å²) in [6, 6.07) is 8.01. The van der Waals surface area contributed by atoms with Crippen molar-refractivity contribution < 1.29 is 22.3 Å². The zero-order chi connectivity index (χ0) is 21.3. The van der Waals surface area contributed by atoms with Gasteiger partial charge in [0.1, 0.15) is 11.4 Å². The van der Waals surface area contributed by atoms with Crippen LogP contribution in [0.15, 0.2) is 52.3 Å². The number of pyridine rings is 1. The van der Waals surface area contributed by atoms with Crippen LogP contribution in [0.3, 0.4) is 0 Å². The van der Waals surface area contributed by atoms with Crippen molar-refractivity contribution in [1.29, 1.82) is 0 Å². The smallest absolute Gasteiger partial charge is 0.343 e. The molecule has 0 atom stereocenters. The monoisotopic (exact) mass is 418 g/mol. The van der Waals surface area contributed by atoms with E-state index in [-0.39, 0.29) is 28.0 Å². The molecule has 0 spiro atoms. The maximum atomic E-state index is 14.8. The summed E-state index contributed by atoms with van der Waals surface area (Å²) in [6.07, 6.45) is 1.40. The molecule has 1 aromatic heterocycles. The molecule has 0 saturated carbocycles. The number of benzene rings is 2. The number of ether oxygens (including phenoxy) is 1. The third-order valence-electron chi connectivity index (χ3n) is 4.50. The fourth-order valence-corrected chi connectivity index (χ4v) is 3.59. The second-order valence-electron chi connectivity index (χ2n) is 6.30. The SMILES string of the molecule is CCOC(=O)c1cn(CC)c2cc(-c3ccc(S(N)(=O)=O)cc3)c(F)cc2c1=O. The zero-order valence-corrected chi connectivity index (χ0v) is 16.6. The average Bonchev–Trinajstić information content (AvgIpc) is 2.68. The van der Waals surface area contributed by atoms with Gasteiger partial charge in [0.25, 0.3) is 0 Å². The Morgan fingerprint density at radius 3 is 2.38 bits per heavy atom. The first-order chi connectivity index (χ1) is 13.7. The molecule has 0 aliphatic rings. The van der Waals surface area contributed by atoms with Gasteiger partial charge in [-0.15, -0.1) is 0 Å². The highest BCUT2D eigenvalue weighted by Gasteiger charge is 2.19. The standard InChI is InChI=1S/C20H19FN2O5S/c1-3-23-11-16(20(25)28-4-2)19(24)15-9-17(21)14(10-18(15)23)12-5-7-13(8-6-12)29(22,26)27/h5-11H,3-4H2,1-2H3,(H2,22,26,27). The van der Waals surface area contributed by atoms with Crippen LogP contribution < -0.4 is 10.6 Å². The molecule has 0 saturated heterocycles. The van der Waals surface area contributed by atoms with Crippen LogP contribution in [0, 0.1) is 5.82 Å². The van der Waals surface area contributed by atoms with E-state index in [1.54, 1.807) is 11.5 Å². The van der Waals surface area contributed by atoms with Gasteiger partial charge < -0.3 is 9.30 Å². The van der Waals surface area contributed by atoms with Crippen LogP contribution in [0.5, 0.6) is 0 Å². The maximum absolute atomic E-state index is 14.8. The molecule has 0 aliphatic heterocycles. The first-order valence-corrected chi connectivity index (χ1v) is 10.4. The number of rotatable bonds is 5. The second-order valence-corrected chi connectivity index (χ2v) is 7.86. The van der Waals surface area contributed by atoms with Gasteiger partial charge in [-0.25, -0.2) is 22.7 Å². The molecule has 0 radical (unpaired) electrons. The number of halogens is 1. The minimum atomic E-state index is -3.86. The summed E-state index contributed by atoms with van der Waals surface area (Å²) < 4.78 is 44.2. The maximum Gasteiger partial charge on any atom is 0.343 e. The summed E-state index contributed by atoms with van der Waals surface area (Å²) in [5.74, 6) is -1.44. The summed E-state index contributed by atoms with van der Waals surface area (Å²) in [5.41, 5.74) is 0.270. The number of hydrogen-bond acceptors (Lipinski definition) is 5. The molecule has 3 rings (SSSR count). The van der Waals surface area contributed by atoms with Crippen molar-refractivity contribution in [1.82, 2.24) is 4.57 Å². The van der Waals surface area contributed by atoms with Gasteiger partial charge in [0, 0.05) is 23.7 Å². The Morgan fingerprint density at radius 1 is 1.17 bits per heavy atom. The summed E-state index contributed by atoms with van der Waals surface area (Å²) in [7, 11) is -3.86. The Labute approximate surface area is 166 Å². The van der Waals surface area contributed by atoms with Crippen LogP contribution in [0.1, 0.15) is 24.2 Å². The van der Waals surface area contributed by atoms with Gasteiger partial charge in [-0.05, 0) is 43.7 Å². The van der Waals surface area contributed by atoms with E-state index in [0.717, 1.165) is 6.07 Å². The largest absolute Gasteiger partial charge is 0.462 e. The van der Waals surface area contributed by atoms with Crippen LogP contribution in [0.2, 0.25) is 0 Å². The Morgan fingerprint density at radius 2 is 1.83 bits per heavy atom. The highest BCUT2D eigenvalue weighted by molar-refractivity contribution is 7.89. The van der Waals surface area contributed by atoms with Gasteiger partial charge in [0.2, 0.25) is 15.5 Å². The van der Waals surface area contributed by atoms with E-state index in [9.17, 15) is 22.4 Å². The minimum Gasteiger partial charge on any atom is -0.462 e. The number of esters is 1. The normalized spacial score (nSPS) is 11.6. The number of hydrogen-bond donors (Lipinski definition) is 1. The fraction of sp³-hybridized carbons (Fsp3) is 0.200. The molecule has 9 heteroatoms. The van der Waals surface area contributed by atoms with Crippen LogP contribution in [0.4, 0.5) is 4.39 Å². The van der Waals surface area contributed by atoms with Gasteiger partial charge in [0.15, 0.2) is 0 Å². The number of nitrogens with two attached hydrogens (primary N) is 1. The van der Waals surface area contributed by atoms with Gasteiger partial charge >= 0.3 is 5.97 Å². The third kappa shape index (κ3) is 3.92. The van der Waals surface area contributed by atoms with E-state index in [4.69, 9.17) is 9.88 Å². The van der Waals surface area contributed by atoms with Crippen LogP contribution in [0.25, 0.3) is 22.0 Å². The van der Waals surface area contributed by atoms with Crippen molar-refractivity contribution in [2.75, 3.05) is 6.61 Å². The average molecular weight is 418 g/mol. The second kappa shape index (κ2) is 7.76. The molecular weight excluding hydrogens is 399 g/mol. The molecule has 152 valence electrons. The van der Waals surface area contributed by atoms with Crippen molar-refractivity contribution in [2.45, 2.75) is 25.3 Å². The van der Waals surface area contributed by atoms with E-state index in [1.807, 2.05) is 6.92 Å². The molecule has 2 N–H and O–H groups in total. The predicted octanol–water partition coefficient (Wildman–Crippen LogP) is 2.65. The summed E-state index contributed by atoms with van der Waals surface area (Å²) >= 11 is 0. The molecule has 29 heavy (non-hydrogen) atoms. The number of aryl methyl sites for hydroxylation is 1. The number of fused-ring (bicyclic) bond motifs is 1. The summed E-state index contributed by atoms with van der Waals surface area (Å²) in [4.78, 5) is 24.7. The lowest BCUT2D eigenvalue weighted by molar-refractivity contribution is 0.0524. The molecule has 7 nitrogen and oxygen atoms in total. The van der Waals surface area contributed by atoms with Crippen LogP contribution in [-0.4, -0.2) is 25.6 Å². The molecule has 0 bridgehead atoms. The third-order valence-corrected chi connectivity index (χ3v) is 5.43. The molecule has 0 fully saturated rings.